The van der Waals surface area contributed by atoms with E-state index < -0.39 is 97.7 Å². The third-order valence-electron chi connectivity index (χ3n) is 10.1. The zero-order valence-electron chi connectivity index (χ0n) is 34.1. The number of aromatic nitrogens is 8. The lowest BCUT2D eigenvalue weighted by Crippen LogP contribution is -2.38. The molecule has 11 atom stereocenters. The Morgan fingerprint density at radius 2 is 1.04 bits per heavy atom. The summed E-state index contributed by atoms with van der Waals surface area (Å²) in [4.78, 5) is 81.6. The van der Waals surface area contributed by atoms with Crippen molar-refractivity contribution < 1.29 is 84.8 Å². The second kappa shape index (κ2) is 19.5. The van der Waals surface area contributed by atoms with Crippen LogP contribution in [0.5, 0.6) is 0 Å². The maximum atomic E-state index is 13.1. The van der Waals surface area contributed by atoms with Crippen LogP contribution in [-0.2, 0) is 72.7 Å². The van der Waals surface area contributed by atoms with E-state index in [0.717, 1.165) is 12.7 Å². The molecule has 9 N–H and O–H groups in total. The van der Waals surface area contributed by atoms with Gasteiger partial charge in [0.05, 0.1) is 38.7 Å². The largest absolute Gasteiger partial charge is 0.490 e. The van der Waals surface area contributed by atoms with Crippen molar-refractivity contribution in [1.29, 1.82) is 0 Å². The van der Waals surface area contributed by atoms with Crippen LogP contribution in [0.4, 0.5) is 11.6 Å². The first-order valence-electron chi connectivity index (χ1n) is 19.6. The summed E-state index contributed by atoms with van der Waals surface area (Å²) in [6.07, 6.45) is -8.63. The van der Waals surface area contributed by atoms with Crippen LogP contribution >= 0.6 is 23.5 Å². The molecule has 6 aromatic rings. The van der Waals surface area contributed by atoms with Gasteiger partial charge in [0, 0.05) is 0 Å². The molecule has 6 heterocycles. The van der Waals surface area contributed by atoms with E-state index in [1.54, 1.807) is 60.7 Å². The molecule has 0 saturated carbocycles. The Morgan fingerprint density at radius 1 is 0.597 bits per heavy atom. The average Bonchev–Trinajstić information content (AvgIpc) is 4.04. The Kier molecular flexibility index (Phi) is 13.9. The molecular weight excluding hydrogens is 953 g/mol. The van der Waals surface area contributed by atoms with Crippen molar-refractivity contribution >= 4 is 69.4 Å². The summed E-state index contributed by atoms with van der Waals surface area (Å²) in [5, 5.41) is 22.7. The number of fused-ring (bicyclic) bond motifs is 2. The predicted molar refractivity (Wildman–Crippen MR) is 223 cm³/mol. The number of anilines is 2. The van der Waals surface area contributed by atoms with Gasteiger partial charge in [-0.1, -0.05) is 60.7 Å². The first kappa shape index (κ1) is 47.8. The van der Waals surface area contributed by atoms with Crippen molar-refractivity contribution in [3.8, 4) is 0 Å². The van der Waals surface area contributed by atoms with Crippen LogP contribution in [0.15, 0.2) is 86.0 Å². The number of carbonyl (C=O) groups is 2. The van der Waals surface area contributed by atoms with Gasteiger partial charge in [-0.3, -0.25) is 27.8 Å². The average molecular weight is 993 g/mol. The van der Waals surface area contributed by atoms with E-state index >= 15 is 0 Å². The van der Waals surface area contributed by atoms with Crippen LogP contribution in [0.3, 0.4) is 0 Å². The third-order valence-corrected chi connectivity index (χ3v) is 14.3. The number of hydrogen-bond acceptors (Lipinski definition) is 23. The van der Waals surface area contributed by atoms with E-state index in [1.165, 1.54) is 21.8 Å². The van der Waals surface area contributed by atoms with Gasteiger partial charge in [0.1, 0.15) is 48.1 Å². The summed E-state index contributed by atoms with van der Waals surface area (Å²) < 4.78 is 82.6. The number of phosphoric ester groups is 2. The van der Waals surface area contributed by atoms with Gasteiger partial charge in [-0.05, 0) is 11.1 Å². The predicted octanol–water partition coefficient (Wildman–Crippen LogP) is 1.02. The summed E-state index contributed by atoms with van der Waals surface area (Å²) >= 11 is 0. The molecule has 0 spiro atoms. The molecule has 8 rings (SSSR count). The Bertz CT molecular complexity index is 2900. The smallest absolute Gasteiger partial charge is 0.456 e. The fourth-order valence-corrected chi connectivity index (χ4v) is 10.6. The summed E-state index contributed by atoms with van der Waals surface area (Å²) in [6, 6.07) is 16.8. The SMILES string of the molecule is Nc1ncnc2c1ncn2[C@@H]1O[C@H](COP(=O)(O)OP(=O)(O)OP(=O)(O)OC[C@H]2O[C@H](n3cnc4c(N)ncnc43)[C@@H](O)[C@H]2OC(=O)Cc2ccccc2)[C@@H](O)[C@H]1OC(=O)Cc1ccccc1. The second-order valence-corrected chi connectivity index (χ2v) is 19.3. The number of benzene rings is 2. The van der Waals surface area contributed by atoms with E-state index in [-0.39, 0.29) is 46.8 Å². The van der Waals surface area contributed by atoms with E-state index in [1.807, 2.05) is 0 Å². The maximum Gasteiger partial charge on any atom is 0.490 e. The molecule has 0 bridgehead atoms. The quantitative estimate of drug-likeness (QED) is 0.0467. The van der Waals surface area contributed by atoms with Gasteiger partial charge < -0.3 is 55.3 Å². The van der Waals surface area contributed by atoms with Crippen molar-refractivity contribution in [3.63, 3.8) is 0 Å². The van der Waals surface area contributed by atoms with Crippen LogP contribution in [0.25, 0.3) is 22.3 Å². The van der Waals surface area contributed by atoms with Gasteiger partial charge in [0.2, 0.25) is 0 Å². The van der Waals surface area contributed by atoms with E-state index in [9.17, 15) is 48.2 Å². The highest BCUT2D eigenvalue weighted by Gasteiger charge is 2.51. The zero-order chi connectivity index (χ0) is 47.7. The van der Waals surface area contributed by atoms with Crippen LogP contribution < -0.4 is 11.5 Å². The topological polar surface area (TPSA) is 400 Å². The number of esters is 2. The van der Waals surface area contributed by atoms with Gasteiger partial charge >= 0.3 is 35.4 Å². The highest BCUT2D eigenvalue weighted by molar-refractivity contribution is 7.66. The Morgan fingerprint density at radius 3 is 1.55 bits per heavy atom. The normalized spacial score (nSPS) is 25.6. The number of nitrogens with zero attached hydrogens (tertiary/aromatic N) is 8. The fraction of sp³-hybridized carbons (Fsp3) is 0.333. The molecule has 0 aliphatic carbocycles. The van der Waals surface area contributed by atoms with Crippen molar-refractivity contribution in [1.82, 2.24) is 39.0 Å². The van der Waals surface area contributed by atoms with Crippen molar-refractivity contribution in [3.05, 3.63) is 97.1 Å². The number of hydrogen-bond donors (Lipinski definition) is 7. The van der Waals surface area contributed by atoms with Gasteiger partial charge in [-0.2, -0.15) is 8.62 Å². The molecule has 28 nitrogen and oxygen atoms in total. The summed E-state index contributed by atoms with van der Waals surface area (Å²) in [7, 11) is -17.7. The molecular formula is C36H39N10O18P3. The number of aliphatic hydroxyl groups excluding tert-OH is 2. The highest BCUT2D eigenvalue weighted by Crippen LogP contribution is 2.68. The van der Waals surface area contributed by atoms with Gasteiger partial charge in [0.15, 0.2) is 47.6 Å². The van der Waals surface area contributed by atoms with Crippen molar-refractivity contribution in [2.75, 3.05) is 24.7 Å². The summed E-state index contributed by atoms with van der Waals surface area (Å²) in [5.41, 5.74) is 13.3. The van der Waals surface area contributed by atoms with Gasteiger partial charge in [-0.15, -0.1) is 0 Å². The number of phosphoric acid groups is 3. The first-order valence-corrected chi connectivity index (χ1v) is 24.1. The number of aliphatic hydroxyl groups is 2. The van der Waals surface area contributed by atoms with E-state index in [0.29, 0.717) is 11.1 Å². The van der Waals surface area contributed by atoms with Gasteiger partial charge in [-0.25, -0.2) is 43.6 Å². The minimum Gasteiger partial charge on any atom is -0.456 e. The molecule has 0 radical (unpaired) electrons. The van der Waals surface area contributed by atoms with Crippen LogP contribution in [-0.4, -0.2) is 126 Å². The van der Waals surface area contributed by atoms with Crippen LogP contribution in [0, 0.1) is 0 Å². The molecule has 2 aliphatic heterocycles. The van der Waals surface area contributed by atoms with Crippen LogP contribution in [0.1, 0.15) is 23.6 Å². The van der Waals surface area contributed by atoms with E-state index in [2.05, 4.69) is 38.5 Å². The number of nitrogens with two attached hydrogens (primary N) is 2. The Balaban J connectivity index is 0.919. The standard InChI is InChI=1S/C36H39N10O18P3/c37-31-25-33(41-15-39-31)45(17-43-25)35-28(50)29(61-23(47)11-19-7-3-1-4-8-19)22(60-35)14-58-66(53,54)64-67(55,56)63-65(51,52)57-13-21-27(49)30(62-24(48)12-20-9-5-2-6-10-20)36(59-21)46-18-44-26-32(38)40-16-42-34(26)46/h1-10,15-18,21-22,27-30,35-36,49-50H,11-14H2,(H,51,52)(H,53,54)(H,55,56)(H2,37,39,41)(H2,38,40,42)/t21-,22-,27-,28+,29+,30-,35+,36-/m1/s1. The lowest BCUT2D eigenvalue weighted by molar-refractivity contribution is -0.157. The molecule has 31 heteroatoms. The van der Waals surface area contributed by atoms with Crippen LogP contribution in [0.2, 0.25) is 0 Å². The molecule has 2 aliphatic rings. The van der Waals surface area contributed by atoms with Crippen molar-refractivity contribution in [2.45, 2.75) is 61.9 Å². The second-order valence-electron chi connectivity index (χ2n) is 14.7. The number of carbonyl (C=O) groups excluding carboxylic acids is 2. The molecule has 2 fully saturated rings. The molecule has 3 unspecified atom stereocenters. The molecule has 2 aromatic carbocycles. The lowest BCUT2D eigenvalue weighted by atomic mass is 10.1. The molecule has 0 amide bonds. The number of ether oxygens (including phenoxy) is 4. The molecule has 4 aromatic heterocycles. The first-order chi connectivity index (χ1) is 31.9. The number of imidazole rings is 2. The lowest BCUT2D eigenvalue weighted by Gasteiger charge is -2.22. The maximum absolute atomic E-state index is 13.1. The minimum atomic E-state index is -6.10. The molecule has 67 heavy (non-hydrogen) atoms. The number of rotatable bonds is 18. The number of nitrogen functional groups attached to an aromatic ring is 2. The van der Waals surface area contributed by atoms with Crippen molar-refractivity contribution in [2.24, 2.45) is 0 Å². The highest BCUT2D eigenvalue weighted by atomic mass is 31.3. The molecule has 2 saturated heterocycles. The monoisotopic (exact) mass is 992 g/mol. The Hall–Kier alpha value is -5.67. The fourth-order valence-electron chi connectivity index (χ4n) is 7.12. The Labute approximate surface area is 376 Å². The van der Waals surface area contributed by atoms with Gasteiger partial charge in [0.25, 0.3) is 0 Å². The third kappa shape index (κ3) is 11.0. The zero-order valence-corrected chi connectivity index (χ0v) is 36.8. The minimum absolute atomic E-state index is 0.0142. The van der Waals surface area contributed by atoms with E-state index in [4.69, 9.17) is 39.5 Å². The summed E-state index contributed by atoms with van der Waals surface area (Å²) in [6.45, 7) is -2.17. The molecule has 356 valence electrons. The summed E-state index contributed by atoms with van der Waals surface area (Å²) in [5.74, 6) is -1.70.